The van der Waals surface area contributed by atoms with Gasteiger partial charge in [0.15, 0.2) is 17.3 Å². The second kappa shape index (κ2) is 9.91. The molecule has 0 amide bonds. The van der Waals surface area contributed by atoms with Gasteiger partial charge in [-0.05, 0) is 42.9 Å². The van der Waals surface area contributed by atoms with E-state index in [4.69, 9.17) is 44.9 Å². The maximum Gasteiger partial charge on any atom is 0.216 e. The van der Waals surface area contributed by atoms with Crippen LogP contribution in [0.5, 0.6) is 11.5 Å². The number of hydrogen-bond donors (Lipinski definition) is 1. The number of rotatable bonds is 8. The van der Waals surface area contributed by atoms with Gasteiger partial charge in [-0.2, -0.15) is 14.9 Å². The van der Waals surface area contributed by atoms with Crippen molar-refractivity contribution in [2.45, 2.75) is 26.4 Å². The summed E-state index contributed by atoms with van der Waals surface area (Å²) in [7, 11) is 1.59. The Balaban J connectivity index is 1.90. The average Bonchev–Trinajstić information content (AvgIpc) is 3.05. The van der Waals surface area contributed by atoms with Crippen LogP contribution in [0.25, 0.3) is 0 Å². The van der Waals surface area contributed by atoms with Crippen LogP contribution in [-0.4, -0.2) is 28.2 Å². The van der Waals surface area contributed by atoms with Crippen molar-refractivity contribution in [3.8, 4) is 11.5 Å². The van der Waals surface area contributed by atoms with E-state index in [9.17, 15) is 0 Å². The Kier molecular flexibility index (Phi) is 7.30. The fourth-order valence-electron chi connectivity index (χ4n) is 2.69. The van der Waals surface area contributed by atoms with E-state index in [1.807, 2.05) is 24.3 Å². The molecule has 152 valence electrons. The van der Waals surface area contributed by atoms with E-state index in [-0.39, 0.29) is 6.61 Å². The highest BCUT2D eigenvalue weighted by atomic mass is 35.5. The first-order chi connectivity index (χ1) is 14.0. The van der Waals surface area contributed by atoms with Gasteiger partial charge in [-0.3, -0.25) is 5.10 Å². The Morgan fingerprint density at radius 2 is 2.10 bits per heavy atom. The lowest BCUT2D eigenvalue weighted by molar-refractivity contribution is 0.284. The number of H-pyrrole nitrogens is 1. The van der Waals surface area contributed by atoms with E-state index in [1.165, 1.54) is 0 Å². The summed E-state index contributed by atoms with van der Waals surface area (Å²) >= 11 is 17.5. The molecule has 0 saturated carbocycles. The number of aryl methyl sites for hydroxylation is 1. The first-order valence-electron chi connectivity index (χ1n) is 8.97. The number of aromatic amines is 1. The van der Waals surface area contributed by atoms with Crippen molar-refractivity contribution in [1.29, 1.82) is 0 Å². The molecule has 0 fully saturated rings. The van der Waals surface area contributed by atoms with Crippen LogP contribution in [0, 0.1) is 4.77 Å². The summed E-state index contributed by atoms with van der Waals surface area (Å²) in [5.74, 6) is 1.91. The van der Waals surface area contributed by atoms with Crippen LogP contribution in [-0.2, 0) is 13.0 Å². The van der Waals surface area contributed by atoms with Gasteiger partial charge in [0.05, 0.1) is 13.3 Å². The van der Waals surface area contributed by atoms with Gasteiger partial charge in [0.2, 0.25) is 4.77 Å². The maximum absolute atomic E-state index is 6.26. The molecule has 0 aliphatic carbocycles. The standard InChI is InChI=1S/C20H20Cl2N4O2S/c1-3-5-18-24-25-20(29)26(18)23-11-13-6-4-7-17(27-2)19(13)28-12-14-8-9-15(21)10-16(14)22/h4,6-11H,3,5,12H2,1-2H3,(H,25,29)/b23-11+. The first-order valence-corrected chi connectivity index (χ1v) is 10.1. The quantitative estimate of drug-likeness (QED) is 0.354. The summed E-state index contributed by atoms with van der Waals surface area (Å²) in [5, 5.41) is 12.6. The third-order valence-electron chi connectivity index (χ3n) is 4.12. The van der Waals surface area contributed by atoms with Gasteiger partial charge >= 0.3 is 0 Å². The molecular formula is C20H20Cl2N4O2S. The second-order valence-electron chi connectivity index (χ2n) is 6.15. The number of nitrogens with one attached hydrogen (secondary N) is 1. The van der Waals surface area contributed by atoms with Crippen molar-refractivity contribution in [3.63, 3.8) is 0 Å². The van der Waals surface area contributed by atoms with Crippen molar-refractivity contribution < 1.29 is 9.47 Å². The minimum atomic E-state index is 0.253. The second-order valence-corrected chi connectivity index (χ2v) is 7.38. The van der Waals surface area contributed by atoms with Gasteiger partial charge in [0.25, 0.3) is 0 Å². The Bertz CT molecular complexity index is 1080. The number of hydrogen-bond acceptors (Lipinski definition) is 5. The van der Waals surface area contributed by atoms with Crippen molar-refractivity contribution in [3.05, 3.63) is 68.2 Å². The smallest absolute Gasteiger partial charge is 0.216 e. The zero-order chi connectivity index (χ0) is 20.8. The fourth-order valence-corrected chi connectivity index (χ4v) is 3.35. The normalized spacial score (nSPS) is 11.2. The highest BCUT2D eigenvalue weighted by molar-refractivity contribution is 7.71. The molecule has 0 saturated heterocycles. The monoisotopic (exact) mass is 450 g/mol. The summed E-state index contributed by atoms with van der Waals surface area (Å²) in [6.45, 7) is 2.32. The lowest BCUT2D eigenvalue weighted by Gasteiger charge is -2.14. The van der Waals surface area contributed by atoms with Crippen LogP contribution < -0.4 is 9.47 Å². The number of benzene rings is 2. The van der Waals surface area contributed by atoms with E-state index in [2.05, 4.69) is 22.2 Å². The minimum absolute atomic E-state index is 0.253. The molecule has 0 aliphatic heterocycles. The number of nitrogens with zero attached hydrogens (tertiary/aromatic N) is 3. The van der Waals surface area contributed by atoms with Gasteiger partial charge in [-0.1, -0.05) is 42.3 Å². The summed E-state index contributed by atoms with van der Waals surface area (Å²) in [5.41, 5.74) is 1.55. The number of ether oxygens (including phenoxy) is 2. The van der Waals surface area contributed by atoms with Crippen LogP contribution in [0.4, 0.5) is 0 Å². The van der Waals surface area contributed by atoms with Crippen LogP contribution >= 0.6 is 35.4 Å². The van der Waals surface area contributed by atoms with Crippen LogP contribution in [0.3, 0.4) is 0 Å². The molecule has 3 aromatic rings. The molecular weight excluding hydrogens is 431 g/mol. The molecule has 1 heterocycles. The van der Waals surface area contributed by atoms with Crippen molar-refractivity contribution >= 4 is 41.6 Å². The third-order valence-corrected chi connectivity index (χ3v) is 4.97. The van der Waals surface area contributed by atoms with Crippen LogP contribution in [0.2, 0.25) is 10.0 Å². The minimum Gasteiger partial charge on any atom is -0.493 e. The molecule has 9 heteroatoms. The number of halogens is 2. The van der Waals surface area contributed by atoms with E-state index >= 15 is 0 Å². The zero-order valence-electron chi connectivity index (χ0n) is 16.0. The van der Waals surface area contributed by atoms with E-state index < -0.39 is 0 Å². The molecule has 0 unspecified atom stereocenters. The molecule has 0 bridgehead atoms. The Morgan fingerprint density at radius 1 is 1.28 bits per heavy atom. The van der Waals surface area contributed by atoms with Gasteiger partial charge in [0.1, 0.15) is 6.61 Å². The number of para-hydroxylation sites is 1. The lowest BCUT2D eigenvalue weighted by Crippen LogP contribution is -2.03. The zero-order valence-corrected chi connectivity index (χ0v) is 18.3. The lowest BCUT2D eigenvalue weighted by atomic mass is 10.2. The highest BCUT2D eigenvalue weighted by Crippen LogP contribution is 2.32. The molecule has 0 aliphatic rings. The van der Waals surface area contributed by atoms with Crippen molar-refractivity contribution in [2.75, 3.05) is 7.11 Å². The third kappa shape index (κ3) is 5.18. The highest BCUT2D eigenvalue weighted by Gasteiger charge is 2.12. The predicted molar refractivity (Wildman–Crippen MR) is 118 cm³/mol. The summed E-state index contributed by atoms with van der Waals surface area (Å²) < 4.78 is 13.5. The summed E-state index contributed by atoms with van der Waals surface area (Å²) in [6.07, 6.45) is 3.37. The van der Waals surface area contributed by atoms with Crippen LogP contribution in [0.15, 0.2) is 41.5 Å². The molecule has 6 nitrogen and oxygen atoms in total. The molecule has 0 radical (unpaired) electrons. The van der Waals surface area contributed by atoms with E-state index in [0.717, 1.165) is 29.8 Å². The Morgan fingerprint density at radius 3 is 2.83 bits per heavy atom. The van der Waals surface area contributed by atoms with Gasteiger partial charge < -0.3 is 9.47 Å². The predicted octanol–water partition coefficient (Wildman–Crippen LogP) is 5.67. The largest absolute Gasteiger partial charge is 0.493 e. The van der Waals surface area contributed by atoms with Gasteiger partial charge in [-0.25, -0.2) is 0 Å². The van der Waals surface area contributed by atoms with E-state index in [0.29, 0.717) is 26.3 Å². The average molecular weight is 451 g/mol. The number of aromatic nitrogens is 3. The van der Waals surface area contributed by atoms with Gasteiger partial charge in [-0.15, -0.1) is 0 Å². The van der Waals surface area contributed by atoms with Crippen molar-refractivity contribution in [1.82, 2.24) is 14.9 Å². The molecule has 29 heavy (non-hydrogen) atoms. The topological polar surface area (TPSA) is 64.4 Å². The van der Waals surface area contributed by atoms with Gasteiger partial charge in [0, 0.05) is 27.6 Å². The first kappa shape index (κ1) is 21.4. The SMILES string of the molecule is CCCc1n[nH]c(=S)n1/N=C/c1cccc(OC)c1OCc1ccc(Cl)cc1Cl. The molecule has 3 rings (SSSR count). The molecule has 0 atom stereocenters. The van der Waals surface area contributed by atoms with Crippen LogP contribution in [0.1, 0.15) is 30.3 Å². The molecule has 0 spiro atoms. The number of methoxy groups -OCH3 is 1. The van der Waals surface area contributed by atoms with Crippen molar-refractivity contribution in [2.24, 2.45) is 5.10 Å². The molecule has 1 N–H and O–H groups in total. The van der Waals surface area contributed by atoms with E-state index in [1.54, 1.807) is 30.1 Å². The Hall–Kier alpha value is -2.35. The molecule has 1 aromatic heterocycles. The Labute approximate surface area is 184 Å². The fraction of sp³-hybridized carbons (Fsp3) is 0.250. The summed E-state index contributed by atoms with van der Waals surface area (Å²) in [4.78, 5) is 0. The maximum atomic E-state index is 6.26. The molecule has 2 aromatic carbocycles. The summed E-state index contributed by atoms with van der Waals surface area (Å²) in [6, 6.07) is 10.9.